The van der Waals surface area contributed by atoms with Crippen molar-refractivity contribution in [1.29, 1.82) is 0 Å². The molecule has 6 heteroatoms. The summed E-state index contributed by atoms with van der Waals surface area (Å²) in [4.78, 5) is -0.0252. The van der Waals surface area contributed by atoms with Crippen molar-refractivity contribution in [2.24, 2.45) is 17.6 Å². The van der Waals surface area contributed by atoms with Crippen LogP contribution in [0.4, 0.5) is 4.39 Å². The zero-order valence-electron chi connectivity index (χ0n) is 11.2. The Balaban J connectivity index is 1.87. The van der Waals surface area contributed by atoms with Gasteiger partial charge in [-0.2, -0.15) is 0 Å². The van der Waals surface area contributed by atoms with Crippen molar-refractivity contribution in [3.8, 4) is 0 Å². The summed E-state index contributed by atoms with van der Waals surface area (Å²) < 4.78 is 41.4. The second-order valence-electron chi connectivity index (χ2n) is 5.82. The first-order valence-electron chi connectivity index (χ1n) is 7.01. The summed E-state index contributed by atoms with van der Waals surface area (Å²) in [6.07, 6.45) is 4.30. The van der Waals surface area contributed by atoms with Crippen LogP contribution in [0.3, 0.4) is 0 Å². The minimum Gasteiger partial charge on any atom is -0.326 e. The Kier molecular flexibility index (Phi) is 3.56. The zero-order valence-corrected chi connectivity index (χ0v) is 12.0. The number of benzene rings is 1. The number of hydrogen-bond acceptors (Lipinski definition) is 3. The normalized spacial score (nSPS) is 29.0. The van der Waals surface area contributed by atoms with Crippen LogP contribution in [-0.4, -0.2) is 14.5 Å². The Labute approximate surface area is 118 Å². The summed E-state index contributed by atoms with van der Waals surface area (Å²) >= 11 is 0. The van der Waals surface area contributed by atoms with E-state index in [0.717, 1.165) is 19.3 Å². The highest BCUT2D eigenvalue weighted by Gasteiger charge is 2.41. The first-order chi connectivity index (χ1) is 9.51. The van der Waals surface area contributed by atoms with Crippen molar-refractivity contribution < 1.29 is 12.8 Å². The van der Waals surface area contributed by atoms with E-state index in [4.69, 9.17) is 5.73 Å². The maximum Gasteiger partial charge on any atom is 0.241 e. The molecule has 2 fully saturated rings. The van der Waals surface area contributed by atoms with Gasteiger partial charge in [0.05, 0.1) is 4.90 Å². The Bertz CT molecular complexity index is 618. The second-order valence-corrected chi connectivity index (χ2v) is 7.51. The molecule has 2 aliphatic rings. The highest BCUT2D eigenvalue weighted by Crippen LogP contribution is 2.44. The molecule has 2 aliphatic carbocycles. The van der Waals surface area contributed by atoms with Gasteiger partial charge in [0, 0.05) is 18.2 Å². The van der Waals surface area contributed by atoms with Gasteiger partial charge in [-0.1, -0.05) is 12.5 Å². The van der Waals surface area contributed by atoms with E-state index in [1.807, 2.05) is 0 Å². The number of fused-ring (bicyclic) bond motifs is 2. The summed E-state index contributed by atoms with van der Waals surface area (Å²) in [5.74, 6) is 0.516. The van der Waals surface area contributed by atoms with Crippen LogP contribution in [0.1, 0.15) is 31.2 Å². The fourth-order valence-electron chi connectivity index (χ4n) is 3.64. The lowest BCUT2D eigenvalue weighted by atomic mass is 9.96. The van der Waals surface area contributed by atoms with Gasteiger partial charge in [-0.05, 0) is 43.2 Å². The van der Waals surface area contributed by atoms with Crippen LogP contribution in [0.2, 0.25) is 0 Å². The van der Waals surface area contributed by atoms with Crippen LogP contribution in [0.15, 0.2) is 23.1 Å². The molecular formula is C14H19FN2O2S. The van der Waals surface area contributed by atoms with Crippen molar-refractivity contribution in [2.45, 2.75) is 43.2 Å². The molecule has 0 radical (unpaired) electrons. The number of halogens is 1. The maximum atomic E-state index is 13.7. The molecule has 1 aromatic rings. The summed E-state index contributed by atoms with van der Waals surface area (Å²) in [7, 11) is -3.70. The second kappa shape index (κ2) is 5.09. The fraction of sp³-hybridized carbons (Fsp3) is 0.571. The third-order valence-corrected chi connectivity index (χ3v) is 6.19. The van der Waals surface area contributed by atoms with Crippen LogP contribution < -0.4 is 10.5 Å². The molecule has 3 atom stereocenters. The fourth-order valence-corrected chi connectivity index (χ4v) is 5.22. The molecule has 3 rings (SSSR count). The minimum absolute atomic E-state index is 0.00681. The number of rotatable bonds is 4. The van der Waals surface area contributed by atoms with Crippen LogP contribution >= 0.6 is 0 Å². The van der Waals surface area contributed by atoms with E-state index in [9.17, 15) is 12.8 Å². The predicted octanol–water partition coefficient (Wildman–Crippen LogP) is 1.75. The molecule has 20 heavy (non-hydrogen) atoms. The van der Waals surface area contributed by atoms with Gasteiger partial charge < -0.3 is 5.73 Å². The van der Waals surface area contributed by atoms with E-state index in [1.165, 1.54) is 24.6 Å². The first kappa shape index (κ1) is 14.0. The lowest BCUT2D eigenvalue weighted by molar-refractivity contribution is 0.390. The van der Waals surface area contributed by atoms with Crippen LogP contribution in [0.5, 0.6) is 0 Å². The molecule has 0 aliphatic heterocycles. The van der Waals surface area contributed by atoms with Gasteiger partial charge in [0.15, 0.2) is 0 Å². The lowest BCUT2D eigenvalue weighted by Gasteiger charge is -2.23. The van der Waals surface area contributed by atoms with Gasteiger partial charge in [-0.3, -0.25) is 0 Å². The Morgan fingerprint density at radius 3 is 2.70 bits per heavy atom. The van der Waals surface area contributed by atoms with Gasteiger partial charge in [-0.25, -0.2) is 17.5 Å². The van der Waals surface area contributed by atoms with Crippen molar-refractivity contribution >= 4 is 10.0 Å². The molecule has 0 heterocycles. The standard InChI is InChI=1S/C14H19FN2O2S/c15-12-2-1-3-14(11(12)8-16)20(18,19)17-13-7-9-4-5-10(13)6-9/h1-3,9-10,13,17H,4-8,16H2. The Morgan fingerprint density at radius 1 is 1.30 bits per heavy atom. The van der Waals surface area contributed by atoms with Gasteiger partial charge in [0.1, 0.15) is 5.82 Å². The third-order valence-electron chi connectivity index (χ3n) is 4.61. The maximum absolute atomic E-state index is 13.7. The SMILES string of the molecule is NCc1c(F)cccc1S(=O)(=O)NC1CC2CCC1C2. The van der Waals surface area contributed by atoms with Gasteiger partial charge in [0.2, 0.25) is 10.0 Å². The van der Waals surface area contributed by atoms with Crippen LogP contribution in [-0.2, 0) is 16.6 Å². The molecule has 0 saturated heterocycles. The average Bonchev–Trinajstić information content (AvgIpc) is 3.00. The van der Waals surface area contributed by atoms with E-state index in [1.54, 1.807) is 0 Å². The van der Waals surface area contributed by atoms with Crippen LogP contribution in [0.25, 0.3) is 0 Å². The molecule has 1 aromatic carbocycles. The van der Waals surface area contributed by atoms with Crippen molar-refractivity contribution in [3.05, 3.63) is 29.6 Å². The van der Waals surface area contributed by atoms with Gasteiger partial charge >= 0.3 is 0 Å². The summed E-state index contributed by atoms with van der Waals surface area (Å²) in [5.41, 5.74) is 5.54. The molecule has 0 amide bonds. The van der Waals surface area contributed by atoms with E-state index < -0.39 is 15.8 Å². The molecule has 0 spiro atoms. The summed E-state index contributed by atoms with van der Waals surface area (Å²) in [6, 6.07) is 4.05. The minimum atomic E-state index is -3.70. The molecule has 3 unspecified atom stereocenters. The van der Waals surface area contributed by atoms with E-state index >= 15 is 0 Å². The highest BCUT2D eigenvalue weighted by atomic mass is 32.2. The Hall–Kier alpha value is -0.980. The molecule has 110 valence electrons. The van der Waals surface area contributed by atoms with Crippen LogP contribution in [0, 0.1) is 17.7 Å². The lowest BCUT2D eigenvalue weighted by Crippen LogP contribution is -2.39. The first-order valence-corrected chi connectivity index (χ1v) is 8.49. The monoisotopic (exact) mass is 298 g/mol. The number of nitrogens with two attached hydrogens (primary N) is 1. The predicted molar refractivity (Wildman–Crippen MR) is 73.8 cm³/mol. The molecule has 0 aromatic heterocycles. The average molecular weight is 298 g/mol. The van der Waals surface area contributed by atoms with Crippen molar-refractivity contribution in [3.63, 3.8) is 0 Å². The number of hydrogen-bond donors (Lipinski definition) is 2. The zero-order chi connectivity index (χ0) is 14.3. The summed E-state index contributed by atoms with van der Waals surface area (Å²) in [6.45, 7) is -0.125. The van der Waals surface area contributed by atoms with E-state index in [0.29, 0.717) is 11.8 Å². The van der Waals surface area contributed by atoms with Crippen molar-refractivity contribution in [1.82, 2.24) is 4.72 Å². The molecule has 4 nitrogen and oxygen atoms in total. The van der Waals surface area contributed by atoms with E-state index in [-0.39, 0.29) is 23.0 Å². The van der Waals surface area contributed by atoms with Gasteiger partial charge in [0.25, 0.3) is 0 Å². The van der Waals surface area contributed by atoms with E-state index in [2.05, 4.69) is 4.72 Å². The topological polar surface area (TPSA) is 72.2 Å². The molecule has 2 bridgehead atoms. The highest BCUT2D eigenvalue weighted by molar-refractivity contribution is 7.89. The largest absolute Gasteiger partial charge is 0.326 e. The number of nitrogens with one attached hydrogen (secondary N) is 1. The Morgan fingerprint density at radius 2 is 2.10 bits per heavy atom. The summed E-state index contributed by atoms with van der Waals surface area (Å²) in [5, 5.41) is 0. The molecule has 2 saturated carbocycles. The smallest absolute Gasteiger partial charge is 0.241 e. The molecular weight excluding hydrogens is 279 g/mol. The van der Waals surface area contributed by atoms with Gasteiger partial charge in [-0.15, -0.1) is 0 Å². The quantitative estimate of drug-likeness (QED) is 0.889. The third kappa shape index (κ3) is 2.36. The molecule has 3 N–H and O–H groups in total. The number of sulfonamides is 1. The van der Waals surface area contributed by atoms with Crippen molar-refractivity contribution in [2.75, 3.05) is 0 Å².